The summed E-state index contributed by atoms with van der Waals surface area (Å²) in [6, 6.07) is 15.7. The number of hydrogen-bond acceptors (Lipinski definition) is 5. The van der Waals surface area contributed by atoms with E-state index in [9.17, 15) is 4.79 Å². The highest BCUT2D eigenvalue weighted by Crippen LogP contribution is 2.33. The molecule has 0 aromatic heterocycles. The molecule has 2 aromatic rings. The molecular formula is C23H28N2O4. The van der Waals surface area contributed by atoms with Crippen molar-refractivity contribution >= 4 is 5.91 Å². The van der Waals surface area contributed by atoms with Crippen LogP contribution >= 0.6 is 0 Å². The van der Waals surface area contributed by atoms with Gasteiger partial charge < -0.3 is 19.1 Å². The number of hydrogen-bond donors (Lipinski definition) is 0. The lowest BCUT2D eigenvalue weighted by atomic mass is 10.1. The van der Waals surface area contributed by atoms with Gasteiger partial charge in [-0.25, -0.2) is 0 Å². The lowest BCUT2D eigenvalue weighted by molar-refractivity contribution is -0.134. The SMILES string of the molecule is CCN1CCC[C@H]1CN(Cc1ccc2c(c1)OCO2)C(=O)COc1ccccc1. The monoisotopic (exact) mass is 396 g/mol. The van der Waals surface area contributed by atoms with Gasteiger partial charge in [0.15, 0.2) is 18.1 Å². The van der Waals surface area contributed by atoms with Gasteiger partial charge in [-0.15, -0.1) is 0 Å². The molecule has 0 radical (unpaired) electrons. The van der Waals surface area contributed by atoms with E-state index >= 15 is 0 Å². The average molecular weight is 396 g/mol. The van der Waals surface area contributed by atoms with Crippen LogP contribution in [0.15, 0.2) is 48.5 Å². The molecule has 0 aliphatic carbocycles. The summed E-state index contributed by atoms with van der Waals surface area (Å²) in [5.41, 5.74) is 1.03. The lowest BCUT2D eigenvalue weighted by Gasteiger charge is -2.30. The molecule has 2 aromatic carbocycles. The molecule has 154 valence electrons. The number of likely N-dealkylation sites (N-methyl/N-ethyl adjacent to an activating group) is 1. The maximum atomic E-state index is 13.1. The van der Waals surface area contributed by atoms with E-state index in [1.54, 1.807) is 0 Å². The van der Waals surface area contributed by atoms with Crippen molar-refractivity contribution in [2.45, 2.75) is 32.4 Å². The second kappa shape index (κ2) is 9.18. The molecule has 0 bridgehead atoms. The fourth-order valence-corrected chi connectivity index (χ4v) is 4.04. The van der Waals surface area contributed by atoms with Crippen LogP contribution in [0.25, 0.3) is 0 Å². The second-order valence-electron chi connectivity index (χ2n) is 7.49. The van der Waals surface area contributed by atoms with Crippen molar-refractivity contribution in [3.05, 3.63) is 54.1 Å². The zero-order valence-corrected chi connectivity index (χ0v) is 16.9. The van der Waals surface area contributed by atoms with E-state index in [0.29, 0.717) is 24.9 Å². The molecule has 29 heavy (non-hydrogen) atoms. The molecule has 0 N–H and O–H groups in total. The fourth-order valence-electron chi connectivity index (χ4n) is 4.04. The first-order valence-corrected chi connectivity index (χ1v) is 10.3. The largest absolute Gasteiger partial charge is 0.484 e. The van der Waals surface area contributed by atoms with Crippen LogP contribution in [0.2, 0.25) is 0 Å². The predicted octanol–water partition coefficient (Wildman–Crippen LogP) is 3.31. The molecule has 0 spiro atoms. The third kappa shape index (κ3) is 4.82. The summed E-state index contributed by atoms with van der Waals surface area (Å²) in [6.07, 6.45) is 2.31. The van der Waals surface area contributed by atoms with Crippen LogP contribution in [0.3, 0.4) is 0 Å². The van der Waals surface area contributed by atoms with Gasteiger partial charge in [0.2, 0.25) is 6.79 Å². The number of carbonyl (C=O) groups is 1. The average Bonchev–Trinajstić information content (AvgIpc) is 3.40. The van der Waals surface area contributed by atoms with Gasteiger partial charge in [-0.1, -0.05) is 31.2 Å². The van der Waals surface area contributed by atoms with Gasteiger partial charge in [0.1, 0.15) is 5.75 Å². The van der Waals surface area contributed by atoms with Crippen LogP contribution in [0.5, 0.6) is 17.2 Å². The van der Waals surface area contributed by atoms with Crippen molar-refractivity contribution in [1.82, 2.24) is 9.80 Å². The maximum absolute atomic E-state index is 13.1. The Morgan fingerprint density at radius 1 is 1.17 bits per heavy atom. The minimum atomic E-state index is -0.00512. The highest BCUT2D eigenvalue weighted by Gasteiger charge is 2.27. The standard InChI is InChI=1S/C23H28N2O4/c1-2-24-12-6-7-19(24)15-25(23(26)16-27-20-8-4-3-5-9-20)14-18-10-11-21-22(13-18)29-17-28-21/h3-5,8-11,13,19H,2,6-7,12,14-17H2,1H3/t19-/m0/s1. The summed E-state index contributed by atoms with van der Waals surface area (Å²) in [6.45, 7) is 5.82. The molecule has 2 aliphatic heterocycles. The molecule has 6 nitrogen and oxygen atoms in total. The van der Waals surface area contributed by atoms with Gasteiger partial charge in [0.05, 0.1) is 0 Å². The fraction of sp³-hybridized carbons (Fsp3) is 0.435. The van der Waals surface area contributed by atoms with Crippen LogP contribution in [-0.4, -0.2) is 54.8 Å². The van der Waals surface area contributed by atoms with Crippen LogP contribution in [-0.2, 0) is 11.3 Å². The molecule has 1 fully saturated rings. The number of rotatable bonds is 8. The van der Waals surface area contributed by atoms with E-state index in [0.717, 1.165) is 36.6 Å². The van der Waals surface area contributed by atoms with E-state index in [1.165, 1.54) is 6.42 Å². The molecule has 1 atom stereocenters. The van der Waals surface area contributed by atoms with Crippen molar-refractivity contribution < 1.29 is 19.0 Å². The van der Waals surface area contributed by atoms with E-state index in [1.807, 2.05) is 53.4 Å². The Morgan fingerprint density at radius 2 is 2.00 bits per heavy atom. The van der Waals surface area contributed by atoms with Crippen molar-refractivity contribution in [3.63, 3.8) is 0 Å². The van der Waals surface area contributed by atoms with Gasteiger partial charge >= 0.3 is 0 Å². The first-order chi connectivity index (χ1) is 14.2. The van der Waals surface area contributed by atoms with Crippen LogP contribution in [0, 0.1) is 0 Å². The van der Waals surface area contributed by atoms with E-state index in [4.69, 9.17) is 14.2 Å². The van der Waals surface area contributed by atoms with Crippen molar-refractivity contribution in [2.24, 2.45) is 0 Å². The Balaban J connectivity index is 1.46. The van der Waals surface area contributed by atoms with Gasteiger partial charge in [-0.3, -0.25) is 9.69 Å². The number of carbonyl (C=O) groups excluding carboxylic acids is 1. The van der Waals surface area contributed by atoms with Crippen molar-refractivity contribution in [3.8, 4) is 17.2 Å². The molecule has 1 amide bonds. The lowest BCUT2D eigenvalue weighted by Crippen LogP contribution is -2.44. The Hall–Kier alpha value is -2.73. The molecule has 1 saturated heterocycles. The molecule has 0 unspecified atom stereocenters. The number of amides is 1. The molecule has 4 rings (SSSR count). The second-order valence-corrected chi connectivity index (χ2v) is 7.49. The minimum Gasteiger partial charge on any atom is -0.484 e. The first kappa shape index (κ1) is 19.6. The van der Waals surface area contributed by atoms with Gasteiger partial charge in [0.25, 0.3) is 5.91 Å². The zero-order valence-electron chi connectivity index (χ0n) is 16.9. The maximum Gasteiger partial charge on any atom is 0.260 e. The Bertz CT molecular complexity index is 827. The van der Waals surface area contributed by atoms with Crippen LogP contribution in [0.1, 0.15) is 25.3 Å². The van der Waals surface area contributed by atoms with Crippen molar-refractivity contribution in [2.75, 3.05) is 33.0 Å². The van der Waals surface area contributed by atoms with E-state index < -0.39 is 0 Å². The molecule has 0 saturated carbocycles. The molecule has 2 aliphatic rings. The third-order valence-corrected chi connectivity index (χ3v) is 5.61. The highest BCUT2D eigenvalue weighted by atomic mass is 16.7. The summed E-state index contributed by atoms with van der Waals surface area (Å²) >= 11 is 0. The predicted molar refractivity (Wildman–Crippen MR) is 110 cm³/mol. The van der Waals surface area contributed by atoms with Crippen LogP contribution in [0.4, 0.5) is 0 Å². The summed E-state index contributed by atoms with van der Waals surface area (Å²) < 4.78 is 16.6. The number of para-hydroxylation sites is 1. The Kier molecular flexibility index (Phi) is 6.20. The van der Waals surface area contributed by atoms with Gasteiger partial charge in [-0.05, 0) is 55.8 Å². The summed E-state index contributed by atoms with van der Waals surface area (Å²) in [7, 11) is 0. The highest BCUT2D eigenvalue weighted by molar-refractivity contribution is 5.78. The Labute approximate surface area is 172 Å². The van der Waals surface area contributed by atoms with Crippen molar-refractivity contribution in [1.29, 1.82) is 0 Å². The topological polar surface area (TPSA) is 51.2 Å². The minimum absolute atomic E-state index is 0.00512. The van der Waals surface area contributed by atoms with Gasteiger partial charge in [-0.2, -0.15) is 0 Å². The third-order valence-electron chi connectivity index (χ3n) is 5.61. The van der Waals surface area contributed by atoms with E-state index in [-0.39, 0.29) is 19.3 Å². The number of ether oxygens (including phenoxy) is 3. The molecule has 6 heteroatoms. The number of benzene rings is 2. The zero-order chi connectivity index (χ0) is 20.1. The summed E-state index contributed by atoms with van der Waals surface area (Å²) in [5, 5.41) is 0. The van der Waals surface area contributed by atoms with E-state index in [2.05, 4.69) is 11.8 Å². The molecular weight excluding hydrogens is 368 g/mol. The smallest absolute Gasteiger partial charge is 0.260 e. The van der Waals surface area contributed by atoms with Crippen LogP contribution < -0.4 is 14.2 Å². The normalized spacial score (nSPS) is 18.0. The number of nitrogens with zero attached hydrogens (tertiary/aromatic N) is 2. The Morgan fingerprint density at radius 3 is 2.83 bits per heavy atom. The summed E-state index contributed by atoms with van der Waals surface area (Å²) in [4.78, 5) is 17.4. The van der Waals surface area contributed by atoms with Gasteiger partial charge in [0, 0.05) is 19.1 Å². The molecule has 2 heterocycles. The quantitative estimate of drug-likeness (QED) is 0.685. The number of likely N-dealkylation sites (tertiary alicyclic amines) is 1. The number of fused-ring (bicyclic) bond motifs is 1. The first-order valence-electron chi connectivity index (χ1n) is 10.3. The summed E-state index contributed by atoms with van der Waals surface area (Å²) in [5.74, 6) is 2.20.